The third kappa shape index (κ3) is 4.10. The number of aliphatic hydroxyl groups is 1. The monoisotopic (exact) mass is 498 g/mol. The maximum absolute atomic E-state index is 14.3. The van der Waals surface area contributed by atoms with Crippen LogP contribution in [0.1, 0.15) is 30.4 Å². The molecule has 2 unspecified atom stereocenters. The lowest BCUT2D eigenvalue weighted by Gasteiger charge is -2.37. The van der Waals surface area contributed by atoms with Crippen molar-refractivity contribution in [3.63, 3.8) is 0 Å². The van der Waals surface area contributed by atoms with E-state index in [-0.39, 0.29) is 42.8 Å². The van der Waals surface area contributed by atoms with Crippen LogP contribution < -0.4 is 4.90 Å². The lowest BCUT2D eigenvalue weighted by atomic mass is 9.71. The van der Waals surface area contributed by atoms with Crippen LogP contribution in [-0.4, -0.2) is 70.1 Å². The first-order valence-electron chi connectivity index (χ1n) is 12.2. The third-order valence-electron chi connectivity index (χ3n) is 7.50. The number of carbonyl (C=O) groups is 3. The van der Waals surface area contributed by atoms with Crippen molar-refractivity contribution in [2.45, 2.75) is 49.1 Å². The lowest BCUT2D eigenvalue weighted by molar-refractivity contribution is -0.154. The Hall–Kier alpha value is -2.58. The molecule has 3 heterocycles. The summed E-state index contributed by atoms with van der Waals surface area (Å²) in [6.45, 7) is 11.8. The number of β-amino-alcohol motifs (C(OH)–C–C–N with tert-alkyl or cyclic N) is 1. The van der Waals surface area contributed by atoms with Gasteiger partial charge in [-0.1, -0.05) is 30.4 Å². The average molecular weight is 499 g/mol. The summed E-state index contributed by atoms with van der Waals surface area (Å²) in [6, 6.07) is 5.10. The smallest absolute Gasteiger partial charge is 0.310 e. The molecule has 1 spiro atoms. The van der Waals surface area contributed by atoms with E-state index in [4.69, 9.17) is 4.74 Å². The molecule has 3 aliphatic heterocycles. The van der Waals surface area contributed by atoms with Gasteiger partial charge in [-0.15, -0.1) is 24.9 Å². The minimum Gasteiger partial charge on any atom is -0.465 e. The highest BCUT2D eigenvalue weighted by Gasteiger charge is 2.74. The fourth-order valence-electron chi connectivity index (χ4n) is 6.19. The average Bonchev–Trinajstić information content (AvgIpc) is 3.46. The molecule has 2 amide bonds. The zero-order chi connectivity index (χ0) is 25.3. The lowest BCUT2D eigenvalue weighted by Crippen LogP contribution is -2.55. The van der Waals surface area contributed by atoms with Gasteiger partial charge in [0.15, 0.2) is 0 Å². The Morgan fingerprint density at radius 1 is 1.29 bits per heavy atom. The number of aryl methyl sites for hydroxylation is 2. The summed E-state index contributed by atoms with van der Waals surface area (Å²) in [5.41, 5.74) is 2.73. The molecule has 0 saturated carbocycles. The van der Waals surface area contributed by atoms with Crippen molar-refractivity contribution in [3.05, 3.63) is 54.6 Å². The number of esters is 1. The van der Waals surface area contributed by atoms with Gasteiger partial charge in [0.1, 0.15) is 6.04 Å². The number of ether oxygens (including phenoxy) is 1. The molecule has 0 radical (unpaired) electrons. The number of likely N-dealkylation sites (tertiary alicyclic amines) is 1. The highest BCUT2D eigenvalue weighted by molar-refractivity contribution is 8.02. The van der Waals surface area contributed by atoms with Crippen LogP contribution in [0.2, 0.25) is 0 Å². The standard InChI is InChI=1S/C27H34N2O5S/c1-5-7-16-34-26(33)20-19-11-12-27(35-19)21(20)24(31)29(14-15-30)23(27)25(32)28(13-6-2)22-17(3)9-8-10-18(22)4/h5-6,8-10,19-21,23,30H,1-2,7,11-16H2,3-4H3/t19-,20+,21-,23?,27?/m0/s1. The van der Waals surface area contributed by atoms with E-state index < -0.39 is 22.6 Å². The second-order valence-corrected chi connectivity index (χ2v) is 11.1. The van der Waals surface area contributed by atoms with E-state index in [9.17, 15) is 19.5 Å². The number of carbonyl (C=O) groups excluding carboxylic acids is 3. The van der Waals surface area contributed by atoms with Gasteiger partial charge in [0.25, 0.3) is 5.91 Å². The zero-order valence-electron chi connectivity index (χ0n) is 20.4. The maximum Gasteiger partial charge on any atom is 0.310 e. The predicted octanol–water partition coefficient (Wildman–Crippen LogP) is 3.03. The fourth-order valence-corrected chi connectivity index (χ4v) is 8.39. The molecule has 0 aliphatic carbocycles. The van der Waals surface area contributed by atoms with E-state index in [1.165, 1.54) is 4.90 Å². The molecular formula is C27H34N2O5S. The van der Waals surface area contributed by atoms with Gasteiger partial charge in [0, 0.05) is 24.0 Å². The van der Waals surface area contributed by atoms with Crippen molar-refractivity contribution in [1.82, 2.24) is 4.90 Å². The number of hydrogen-bond donors (Lipinski definition) is 1. The Kier molecular flexibility index (Phi) is 7.43. The van der Waals surface area contributed by atoms with Crippen LogP contribution in [-0.2, 0) is 19.1 Å². The molecule has 8 heteroatoms. The van der Waals surface area contributed by atoms with Crippen molar-refractivity contribution >= 4 is 35.2 Å². The molecular weight excluding hydrogens is 464 g/mol. The summed E-state index contributed by atoms with van der Waals surface area (Å²) in [4.78, 5) is 44.4. The van der Waals surface area contributed by atoms with E-state index >= 15 is 0 Å². The molecule has 188 valence electrons. The number of anilines is 1. The van der Waals surface area contributed by atoms with Crippen molar-refractivity contribution in [3.8, 4) is 0 Å². The summed E-state index contributed by atoms with van der Waals surface area (Å²) in [7, 11) is 0. The molecule has 7 nitrogen and oxygen atoms in total. The summed E-state index contributed by atoms with van der Waals surface area (Å²) < 4.78 is 4.78. The van der Waals surface area contributed by atoms with Gasteiger partial charge in [-0.25, -0.2) is 0 Å². The first-order chi connectivity index (χ1) is 16.8. The number of aliphatic hydroxyl groups excluding tert-OH is 1. The van der Waals surface area contributed by atoms with Crippen LogP contribution in [0.25, 0.3) is 0 Å². The minimum absolute atomic E-state index is 0.0473. The quantitative estimate of drug-likeness (QED) is 0.303. The molecule has 4 rings (SSSR count). The summed E-state index contributed by atoms with van der Waals surface area (Å²) >= 11 is 1.60. The first-order valence-corrected chi connectivity index (χ1v) is 13.1. The number of rotatable bonds is 10. The summed E-state index contributed by atoms with van der Waals surface area (Å²) in [5, 5.41) is 9.74. The largest absolute Gasteiger partial charge is 0.465 e. The molecule has 1 aromatic rings. The SMILES string of the molecule is C=CCCOC(=O)[C@@H]1[C@@H]2CCC3(S2)C(C(=O)N(CC=C)c2c(C)cccc2C)N(CCO)C(=O)[C@H]13. The van der Waals surface area contributed by atoms with Crippen LogP contribution in [0.3, 0.4) is 0 Å². The van der Waals surface area contributed by atoms with Gasteiger partial charge in [-0.05, 0) is 44.2 Å². The molecule has 2 bridgehead atoms. The van der Waals surface area contributed by atoms with Crippen molar-refractivity contribution in [1.29, 1.82) is 0 Å². The van der Waals surface area contributed by atoms with Crippen LogP contribution in [0.15, 0.2) is 43.5 Å². The van der Waals surface area contributed by atoms with E-state index in [2.05, 4.69) is 13.2 Å². The van der Waals surface area contributed by atoms with Crippen molar-refractivity contribution < 1.29 is 24.2 Å². The Morgan fingerprint density at radius 2 is 2.00 bits per heavy atom. The number of amides is 2. The van der Waals surface area contributed by atoms with Gasteiger partial charge in [-0.3, -0.25) is 14.4 Å². The van der Waals surface area contributed by atoms with Crippen LogP contribution in [0.5, 0.6) is 0 Å². The van der Waals surface area contributed by atoms with E-state index in [1.54, 1.807) is 28.8 Å². The third-order valence-corrected chi connectivity index (χ3v) is 9.45. The maximum atomic E-state index is 14.3. The van der Waals surface area contributed by atoms with Gasteiger partial charge in [-0.2, -0.15) is 0 Å². The highest BCUT2D eigenvalue weighted by Crippen LogP contribution is 2.66. The molecule has 3 aliphatic rings. The van der Waals surface area contributed by atoms with E-state index in [1.807, 2.05) is 32.0 Å². The summed E-state index contributed by atoms with van der Waals surface area (Å²) in [6.07, 6.45) is 5.33. The van der Waals surface area contributed by atoms with Gasteiger partial charge in [0.2, 0.25) is 5.91 Å². The molecule has 3 saturated heterocycles. The van der Waals surface area contributed by atoms with Gasteiger partial charge < -0.3 is 19.6 Å². The number of fused-ring (bicyclic) bond motifs is 1. The number of hydrogen-bond acceptors (Lipinski definition) is 6. The van der Waals surface area contributed by atoms with E-state index in [0.717, 1.165) is 23.2 Å². The topological polar surface area (TPSA) is 87.2 Å². The van der Waals surface area contributed by atoms with Crippen molar-refractivity contribution in [2.24, 2.45) is 11.8 Å². The second-order valence-electron chi connectivity index (χ2n) is 9.53. The number of benzene rings is 1. The number of para-hydroxylation sites is 1. The molecule has 1 N–H and O–H groups in total. The fraction of sp³-hybridized carbons (Fsp3) is 0.519. The molecule has 5 atom stereocenters. The molecule has 3 fully saturated rings. The first kappa shape index (κ1) is 25.5. The van der Waals surface area contributed by atoms with Gasteiger partial charge >= 0.3 is 5.97 Å². The Bertz CT molecular complexity index is 1020. The minimum atomic E-state index is -0.771. The van der Waals surface area contributed by atoms with Crippen LogP contribution in [0, 0.1) is 25.7 Å². The Balaban J connectivity index is 1.74. The number of nitrogens with zero attached hydrogens (tertiary/aromatic N) is 2. The molecule has 35 heavy (non-hydrogen) atoms. The van der Waals surface area contributed by atoms with E-state index in [0.29, 0.717) is 19.4 Å². The van der Waals surface area contributed by atoms with Crippen LogP contribution in [0.4, 0.5) is 5.69 Å². The number of thioether (sulfide) groups is 1. The second kappa shape index (κ2) is 10.2. The normalized spacial score (nSPS) is 28.7. The predicted molar refractivity (Wildman–Crippen MR) is 137 cm³/mol. The van der Waals surface area contributed by atoms with Crippen LogP contribution >= 0.6 is 11.8 Å². The zero-order valence-corrected chi connectivity index (χ0v) is 21.3. The Labute approximate surface area is 211 Å². The Morgan fingerprint density at radius 3 is 2.63 bits per heavy atom. The van der Waals surface area contributed by atoms with Crippen molar-refractivity contribution in [2.75, 3.05) is 31.2 Å². The molecule has 0 aromatic heterocycles. The molecule has 1 aromatic carbocycles. The van der Waals surface area contributed by atoms with Gasteiger partial charge in [0.05, 0.1) is 29.8 Å². The highest BCUT2D eigenvalue weighted by atomic mass is 32.2. The summed E-state index contributed by atoms with van der Waals surface area (Å²) in [5.74, 6) is -2.03.